The van der Waals surface area contributed by atoms with Gasteiger partial charge >= 0.3 is 0 Å². The lowest BCUT2D eigenvalue weighted by atomic mass is 10.1. The molecule has 140 valence electrons. The number of aromatic nitrogens is 2. The first-order chi connectivity index (χ1) is 13.7. The average Bonchev–Trinajstić information content (AvgIpc) is 3.14. The van der Waals surface area contributed by atoms with Crippen molar-refractivity contribution in [1.82, 2.24) is 9.55 Å². The highest BCUT2D eigenvalue weighted by Gasteiger charge is 2.17. The molecular formula is C22H17BrFN3O. The third kappa shape index (κ3) is 3.18. The Bertz CT molecular complexity index is 1220. The highest BCUT2D eigenvalue weighted by Crippen LogP contribution is 2.28. The molecule has 0 unspecified atom stereocenters. The molecule has 2 aromatic carbocycles. The molecule has 4 aromatic rings. The summed E-state index contributed by atoms with van der Waals surface area (Å²) in [6.45, 7) is 0.872. The zero-order chi connectivity index (χ0) is 19.1. The van der Waals surface area contributed by atoms with E-state index in [1.807, 2.05) is 30.3 Å². The van der Waals surface area contributed by atoms with Crippen LogP contribution >= 0.6 is 15.9 Å². The van der Waals surface area contributed by atoms with Crippen LogP contribution in [-0.4, -0.2) is 9.55 Å². The zero-order valence-electron chi connectivity index (χ0n) is 15.0. The number of nitrogens with zero attached hydrogens (tertiary/aromatic N) is 3. The molecule has 6 heteroatoms. The Morgan fingerprint density at radius 3 is 2.61 bits per heavy atom. The molecule has 0 bridgehead atoms. The van der Waals surface area contributed by atoms with Crippen molar-refractivity contribution in [2.45, 2.75) is 25.8 Å². The summed E-state index contributed by atoms with van der Waals surface area (Å²) < 4.78 is 22.6. The highest BCUT2D eigenvalue weighted by atomic mass is 79.9. The molecule has 0 aliphatic carbocycles. The monoisotopic (exact) mass is 437 g/mol. The van der Waals surface area contributed by atoms with Gasteiger partial charge in [0, 0.05) is 23.0 Å². The fourth-order valence-electron chi connectivity index (χ4n) is 3.56. The van der Waals surface area contributed by atoms with Crippen LogP contribution in [0, 0.1) is 5.82 Å². The Morgan fingerprint density at radius 2 is 1.82 bits per heavy atom. The van der Waals surface area contributed by atoms with Crippen molar-refractivity contribution in [1.29, 1.82) is 0 Å². The first-order valence-electron chi connectivity index (χ1n) is 9.27. The van der Waals surface area contributed by atoms with Gasteiger partial charge in [0.15, 0.2) is 0 Å². The Labute approximate surface area is 169 Å². The second kappa shape index (κ2) is 7.02. The Hall–Kier alpha value is -2.73. The standard InChI is InChI=1S/C22H17BrFN3O/c23-15-6-4-14(5-7-15)19-13-18-21(25-17-10-8-16(24)9-11-17)27-12-2-1-3-20(27)26-22(18)28-19/h4-11,13H,1-3,12H2/b25-21+. The number of fused-ring (bicyclic) bond motifs is 2. The number of rotatable bonds is 2. The van der Waals surface area contributed by atoms with Gasteiger partial charge in [-0.15, -0.1) is 0 Å². The predicted octanol–water partition coefficient (Wildman–Crippen LogP) is 5.77. The molecule has 0 amide bonds. The predicted molar refractivity (Wildman–Crippen MR) is 110 cm³/mol. The lowest BCUT2D eigenvalue weighted by Crippen LogP contribution is -2.28. The fraction of sp³-hybridized carbons (Fsp3) is 0.182. The molecule has 5 rings (SSSR count). The molecule has 0 fully saturated rings. The first kappa shape index (κ1) is 17.4. The smallest absolute Gasteiger partial charge is 0.232 e. The normalized spacial score (nSPS) is 14.4. The minimum Gasteiger partial charge on any atom is -0.438 e. The molecule has 2 aromatic heterocycles. The minimum atomic E-state index is -0.269. The van der Waals surface area contributed by atoms with Gasteiger partial charge in [-0.3, -0.25) is 0 Å². The summed E-state index contributed by atoms with van der Waals surface area (Å²) in [4.78, 5) is 9.60. The minimum absolute atomic E-state index is 0.269. The number of halogens is 2. The number of hydrogen-bond acceptors (Lipinski definition) is 3. The van der Waals surface area contributed by atoms with Crippen molar-refractivity contribution in [3.63, 3.8) is 0 Å². The molecular weight excluding hydrogens is 421 g/mol. The summed E-state index contributed by atoms with van der Waals surface area (Å²) >= 11 is 3.46. The van der Waals surface area contributed by atoms with Crippen molar-refractivity contribution >= 4 is 32.7 Å². The molecule has 0 saturated carbocycles. The number of aryl methyl sites for hydroxylation is 1. The lowest BCUT2D eigenvalue weighted by Gasteiger charge is -2.18. The summed E-state index contributed by atoms with van der Waals surface area (Å²) in [7, 11) is 0. The third-order valence-electron chi connectivity index (χ3n) is 4.97. The van der Waals surface area contributed by atoms with E-state index in [4.69, 9.17) is 14.4 Å². The van der Waals surface area contributed by atoms with E-state index >= 15 is 0 Å². The number of benzene rings is 2. The molecule has 1 aliphatic rings. The largest absolute Gasteiger partial charge is 0.438 e. The number of furan rings is 1. The Kier molecular flexibility index (Phi) is 4.36. The summed E-state index contributed by atoms with van der Waals surface area (Å²) in [6, 6.07) is 16.2. The van der Waals surface area contributed by atoms with Gasteiger partial charge in [-0.1, -0.05) is 28.1 Å². The van der Waals surface area contributed by atoms with Crippen LogP contribution in [-0.2, 0) is 13.0 Å². The molecule has 0 radical (unpaired) electrons. The van der Waals surface area contributed by atoms with E-state index in [9.17, 15) is 4.39 Å². The Balaban J connectivity index is 1.76. The van der Waals surface area contributed by atoms with Crippen LogP contribution in [0.15, 0.2) is 68.5 Å². The Morgan fingerprint density at radius 1 is 1.04 bits per heavy atom. The van der Waals surface area contributed by atoms with Crippen LogP contribution in [0.5, 0.6) is 0 Å². The quantitative estimate of drug-likeness (QED) is 0.399. The number of hydrogen-bond donors (Lipinski definition) is 0. The van der Waals surface area contributed by atoms with Crippen molar-refractivity contribution < 1.29 is 8.81 Å². The van der Waals surface area contributed by atoms with Crippen molar-refractivity contribution in [3.8, 4) is 11.3 Å². The molecule has 1 aliphatic heterocycles. The average molecular weight is 438 g/mol. The van der Waals surface area contributed by atoms with E-state index in [1.54, 1.807) is 12.1 Å². The molecule has 4 nitrogen and oxygen atoms in total. The van der Waals surface area contributed by atoms with Crippen LogP contribution in [0.2, 0.25) is 0 Å². The van der Waals surface area contributed by atoms with E-state index in [0.717, 1.165) is 58.3 Å². The summed E-state index contributed by atoms with van der Waals surface area (Å²) in [6.07, 6.45) is 3.10. The topological polar surface area (TPSA) is 43.3 Å². The van der Waals surface area contributed by atoms with Crippen molar-refractivity contribution in [2.75, 3.05) is 0 Å². The zero-order valence-corrected chi connectivity index (χ0v) is 16.6. The van der Waals surface area contributed by atoms with Gasteiger partial charge in [-0.05, 0) is 55.3 Å². The first-order valence-corrected chi connectivity index (χ1v) is 10.1. The SMILES string of the molecule is Fc1ccc(/N=c2\c3cc(-c4ccc(Br)cc4)oc3nc3n2CCCC3)cc1. The van der Waals surface area contributed by atoms with Crippen LogP contribution in [0.25, 0.3) is 22.4 Å². The van der Waals surface area contributed by atoms with Crippen LogP contribution in [0.3, 0.4) is 0 Å². The van der Waals surface area contributed by atoms with E-state index in [0.29, 0.717) is 11.4 Å². The van der Waals surface area contributed by atoms with Crippen molar-refractivity contribution in [3.05, 3.63) is 76.2 Å². The molecule has 0 saturated heterocycles. The van der Waals surface area contributed by atoms with Crippen LogP contribution in [0.4, 0.5) is 10.1 Å². The van der Waals surface area contributed by atoms with E-state index < -0.39 is 0 Å². The molecule has 3 heterocycles. The van der Waals surface area contributed by atoms with Crippen LogP contribution < -0.4 is 5.49 Å². The van der Waals surface area contributed by atoms with Gasteiger partial charge in [0.05, 0.1) is 11.1 Å². The summed E-state index contributed by atoms with van der Waals surface area (Å²) in [5.74, 6) is 1.47. The maximum absolute atomic E-state index is 13.3. The molecule has 0 spiro atoms. The van der Waals surface area contributed by atoms with Crippen molar-refractivity contribution in [2.24, 2.45) is 4.99 Å². The summed E-state index contributed by atoms with van der Waals surface area (Å²) in [5.41, 5.74) is 3.10. The maximum atomic E-state index is 13.3. The van der Waals surface area contributed by atoms with Gasteiger partial charge < -0.3 is 8.98 Å². The van der Waals surface area contributed by atoms with Gasteiger partial charge in [-0.2, -0.15) is 4.98 Å². The van der Waals surface area contributed by atoms with Gasteiger partial charge in [0.2, 0.25) is 5.71 Å². The summed E-state index contributed by atoms with van der Waals surface area (Å²) in [5, 5.41) is 0.868. The second-order valence-corrected chi connectivity index (χ2v) is 7.80. The maximum Gasteiger partial charge on any atom is 0.232 e. The second-order valence-electron chi connectivity index (χ2n) is 6.88. The fourth-order valence-corrected chi connectivity index (χ4v) is 3.83. The lowest BCUT2D eigenvalue weighted by molar-refractivity contribution is 0.490. The molecule has 0 N–H and O–H groups in total. The van der Waals surface area contributed by atoms with Crippen LogP contribution in [0.1, 0.15) is 18.7 Å². The van der Waals surface area contributed by atoms with Gasteiger partial charge in [-0.25, -0.2) is 9.38 Å². The van der Waals surface area contributed by atoms with E-state index in [1.165, 1.54) is 12.1 Å². The van der Waals surface area contributed by atoms with Gasteiger partial charge in [0.1, 0.15) is 22.9 Å². The highest BCUT2D eigenvalue weighted by molar-refractivity contribution is 9.10. The van der Waals surface area contributed by atoms with E-state index in [-0.39, 0.29) is 5.82 Å². The van der Waals surface area contributed by atoms with Gasteiger partial charge in [0.25, 0.3) is 0 Å². The van der Waals surface area contributed by atoms with E-state index in [2.05, 4.69) is 20.5 Å². The third-order valence-corrected chi connectivity index (χ3v) is 5.50. The molecule has 0 atom stereocenters. The molecule has 28 heavy (non-hydrogen) atoms.